The van der Waals surface area contributed by atoms with E-state index < -0.39 is 0 Å². The summed E-state index contributed by atoms with van der Waals surface area (Å²) in [6.45, 7) is 1.98. The standard InChI is InChI=1S/C5H12O2/c1-2-5(7)3-4-6/h5-7H,2-4H2,1H3. The van der Waals surface area contributed by atoms with E-state index in [2.05, 4.69) is 0 Å². The molecule has 0 heterocycles. The first kappa shape index (κ1) is 6.92. The molecule has 0 saturated carbocycles. The van der Waals surface area contributed by atoms with Crippen LogP contribution >= 0.6 is 0 Å². The molecular formula is C5H12O2. The highest BCUT2D eigenvalue weighted by atomic mass is 16.3. The fourth-order valence-corrected chi connectivity index (χ4v) is 0.353. The Hall–Kier alpha value is -0.0800. The lowest BCUT2D eigenvalue weighted by atomic mass is 10.2. The van der Waals surface area contributed by atoms with Crippen LogP contribution in [-0.4, -0.2) is 22.9 Å². The number of hydrogen-bond donors (Lipinski definition) is 2. The van der Waals surface area contributed by atoms with Crippen molar-refractivity contribution >= 4 is 0 Å². The van der Waals surface area contributed by atoms with E-state index in [0.717, 1.165) is 6.42 Å². The Morgan fingerprint density at radius 2 is 2.14 bits per heavy atom. The molecule has 1 atom stereocenters. The van der Waals surface area contributed by atoms with Crippen LogP contribution in [0.4, 0.5) is 0 Å². The number of rotatable bonds is 3. The van der Waals surface area contributed by atoms with E-state index in [1.807, 2.05) is 6.92 Å². The van der Waals surface area contributed by atoms with Gasteiger partial charge < -0.3 is 10.2 Å². The minimum Gasteiger partial charge on any atom is -0.396 e. The lowest BCUT2D eigenvalue weighted by molar-refractivity contribution is 0.129. The average molecular weight is 104 g/mol. The molecule has 2 N–H and O–H groups in total. The number of aliphatic hydroxyl groups excluding tert-OH is 2. The maximum absolute atomic E-state index is 8.70. The Kier molecular flexibility index (Phi) is 4.04. The van der Waals surface area contributed by atoms with Crippen LogP contribution < -0.4 is 0 Å². The van der Waals surface area contributed by atoms with Crippen LogP contribution in [0.1, 0.15) is 19.8 Å². The molecule has 44 valence electrons. The van der Waals surface area contributed by atoms with Gasteiger partial charge in [-0.25, -0.2) is 0 Å². The van der Waals surface area contributed by atoms with Gasteiger partial charge in [-0.15, -0.1) is 0 Å². The second-order valence-electron chi connectivity index (χ2n) is 1.57. The Balaban J connectivity index is 2.83. The maximum Gasteiger partial charge on any atom is 0.0559 e. The fourth-order valence-electron chi connectivity index (χ4n) is 0.353. The van der Waals surface area contributed by atoms with Crippen molar-refractivity contribution in [2.24, 2.45) is 0 Å². The zero-order valence-electron chi connectivity index (χ0n) is 4.59. The van der Waals surface area contributed by atoms with Gasteiger partial charge in [0.05, 0.1) is 6.10 Å². The third-order valence-corrected chi connectivity index (χ3v) is 0.934. The molecule has 0 fully saturated rings. The van der Waals surface area contributed by atoms with E-state index in [4.69, 9.17) is 10.2 Å². The molecule has 0 rings (SSSR count). The minimum atomic E-state index is -0.301. The second kappa shape index (κ2) is 4.09. The fraction of sp³-hybridized carbons (Fsp3) is 1.00. The SMILES string of the molecule is CCC(O)CCO. The van der Waals surface area contributed by atoms with Crippen LogP contribution in [0.5, 0.6) is 0 Å². The summed E-state index contributed by atoms with van der Waals surface area (Å²) in [6.07, 6.45) is 0.946. The molecule has 0 aliphatic rings. The van der Waals surface area contributed by atoms with Crippen LogP contribution in [0, 0.1) is 0 Å². The first-order valence-corrected chi connectivity index (χ1v) is 2.60. The molecule has 0 aromatic rings. The van der Waals surface area contributed by atoms with Gasteiger partial charge in [-0.05, 0) is 12.8 Å². The van der Waals surface area contributed by atoms with Gasteiger partial charge in [-0.2, -0.15) is 0 Å². The Labute approximate surface area is 43.8 Å². The smallest absolute Gasteiger partial charge is 0.0559 e. The highest BCUT2D eigenvalue weighted by Crippen LogP contribution is 1.92. The Bertz CT molecular complexity index is 37.1. The molecule has 0 aromatic carbocycles. The van der Waals surface area contributed by atoms with Crippen LogP contribution in [0.3, 0.4) is 0 Å². The second-order valence-corrected chi connectivity index (χ2v) is 1.57. The molecular weight excluding hydrogens is 92.1 g/mol. The summed E-state index contributed by atoms with van der Waals surface area (Å²) in [7, 11) is 0. The van der Waals surface area contributed by atoms with Gasteiger partial charge in [-0.3, -0.25) is 0 Å². The molecule has 0 amide bonds. The normalized spacial score (nSPS) is 14.1. The maximum atomic E-state index is 8.70. The van der Waals surface area contributed by atoms with E-state index in [1.165, 1.54) is 0 Å². The predicted octanol–water partition coefficient (Wildman–Crippen LogP) is 0.140. The van der Waals surface area contributed by atoms with Crippen molar-refractivity contribution < 1.29 is 10.2 Å². The summed E-state index contributed by atoms with van der Waals surface area (Å²) in [6, 6.07) is 0. The average Bonchev–Trinajstić information content (AvgIpc) is 1.68. The van der Waals surface area contributed by atoms with Gasteiger partial charge in [0.15, 0.2) is 0 Å². The minimum absolute atomic E-state index is 0.0923. The predicted molar refractivity (Wildman–Crippen MR) is 28.0 cm³/mol. The van der Waals surface area contributed by atoms with E-state index in [1.54, 1.807) is 0 Å². The summed E-state index contributed by atoms with van der Waals surface area (Å²) in [5.41, 5.74) is 0. The van der Waals surface area contributed by atoms with Crippen molar-refractivity contribution in [3.63, 3.8) is 0 Å². The first-order valence-electron chi connectivity index (χ1n) is 2.60. The Morgan fingerprint density at radius 3 is 2.29 bits per heavy atom. The van der Waals surface area contributed by atoms with Crippen LogP contribution in [0.25, 0.3) is 0 Å². The highest BCUT2D eigenvalue weighted by Gasteiger charge is 1.95. The summed E-state index contributed by atoms with van der Waals surface area (Å²) < 4.78 is 0. The molecule has 0 aromatic heterocycles. The third kappa shape index (κ3) is 3.76. The van der Waals surface area contributed by atoms with Crippen molar-refractivity contribution in [3.05, 3.63) is 0 Å². The van der Waals surface area contributed by atoms with Gasteiger partial charge >= 0.3 is 0 Å². The highest BCUT2D eigenvalue weighted by molar-refractivity contribution is 4.47. The number of hydrogen-bond acceptors (Lipinski definition) is 2. The van der Waals surface area contributed by atoms with E-state index in [0.29, 0.717) is 6.42 Å². The monoisotopic (exact) mass is 104 g/mol. The van der Waals surface area contributed by atoms with Crippen LogP contribution in [-0.2, 0) is 0 Å². The van der Waals surface area contributed by atoms with E-state index >= 15 is 0 Å². The lowest BCUT2D eigenvalue weighted by Crippen LogP contribution is -2.05. The molecule has 0 saturated heterocycles. The van der Waals surface area contributed by atoms with Crippen molar-refractivity contribution in [2.75, 3.05) is 6.61 Å². The largest absolute Gasteiger partial charge is 0.396 e. The summed E-state index contributed by atoms with van der Waals surface area (Å²) in [5, 5.41) is 16.9. The molecule has 0 bridgehead atoms. The van der Waals surface area contributed by atoms with Crippen LogP contribution in [0.15, 0.2) is 0 Å². The molecule has 0 aliphatic heterocycles. The Morgan fingerprint density at radius 1 is 1.57 bits per heavy atom. The van der Waals surface area contributed by atoms with Gasteiger partial charge in [-0.1, -0.05) is 6.92 Å². The van der Waals surface area contributed by atoms with Crippen molar-refractivity contribution in [1.29, 1.82) is 0 Å². The van der Waals surface area contributed by atoms with E-state index in [9.17, 15) is 0 Å². The first-order chi connectivity index (χ1) is 3.31. The van der Waals surface area contributed by atoms with Gasteiger partial charge in [0.25, 0.3) is 0 Å². The zero-order valence-corrected chi connectivity index (χ0v) is 4.59. The number of aliphatic hydroxyl groups is 2. The van der Waals surface area contributed by atoms with Gasteiger partial charge in [0.1, 0.15) is 0 Å². The molecule has 1 unspecified atom stereocenters. The molecule has 2 nitrogen and oxygen atoms in total. The molecule has 0 aliphatic carbocycles. The molecule has 0 radical (unpaired) electrons. The topological polar surface area (TPSA) is 40.5 Å². The van der Waals surface area contributed by atoms with Gasteiger partial charge in [0, 0.05) is 6.61 Å². The van der Waals surface area contributed by atoms with Crippen molar-refractivity contribution in [2.45, 2.75) is 25.9 Å². The van der Waals surface area contributed by atoms with Crippen molar-refractivity contribution in [3.8, 4) is 0 Å². The zero-order chi connectivity index (χ0) is 5.70. The summed E-state index contributed by atoms with van der Waals surface area (Å²) in [5.74, 6) is 0. The summed E-state index contributed by atoms with van der Waals surface area (Å²) in [4.78, 5) is 0. The molecule has 2 heteroatoms. The lowest BCUT2D eigenvalue weighted by Gasteiger charge is -2.01. The molecule has 7 heavy (non-hydrogen) atoms. The quantitative estimate of drug-likeness (QED) is 0.534. The van der Waals surface area contributed by atoms with Crippen molar-refractivity contribution in [1.82, 2.24) is 0 Å². The third-order valence-electron chi connectivity index (χ3n) is 0.934. The summed E-state index contributed by atoms with van der Waals surface area (Å²) >= 11 is 0. The van der Waals surface area contributed by atoms with E-state index in [-0.39, 0.29) is 12.7 Å². The molecule has 0 spiro atoms. The van der Waals surface area contributed by atoms with Gasteiger partial charge in [0.2, 0.25) is 0 Å². The van der Waals surface area contributed by atoms with Crippen LogP contribution in [0.2, 0.25) is 0 Å².